The minimum atomic E-state index is -0.871. The maximum Gasteiger partial charge on any atom is 0.407 e. The van der Waals surface area contributed by atoms with Crippen LogP contribution in [0.15, 0.2) is 46.9 Å². The van der Waals surface area contributed by atoms with E-state index in [0.717, 1.165) is 27.9 Å². The largest absolute Gasteiger partial charge is 0.465 e. The summed E-state index contributed by atoms with van der Waals surface area (Å²) in [6, 6.07) is 14.0. The Morgan fingerprint density at radius 1 is 1.22 bits per heavy atom. The molecule has 0 aliphatic carbocycles. The van der Waals surface area contributed by atoms with Crippen LogP contribution in [0.25, 0.3) is 11.1 Å². The van der Waals surface area contributed by atoms with Crippen LogP contribution in [0, 0.1) is 0 Å². The van der Waals surface area contributed by atoms with Crippen LogP contribution in [0.1, 0.15) is 11.1 Å². The van der Waals surface area contributed by atoms with Gasteiger partial charge in [0.1, 0.15) is 5.52 Å². The number of amides is 1. The van der Waals surface area contributed by atoms with E-state index in [2.05, 4.69) is 10.3 Å². The molecule has 0 fully saturated rings. The Morgan fingerprint density at radius 3 is 2.91 bits per heavy atom. The van der Waals surface area contributed by atoms with Gasteiger partial charge >= 0.3 is 6.09 Å². The molecule has 0 bridgehead atoms. The van der Waals surface area contributed by atoms with Crippen molar-refractivity contribution in [2.45, 2.75) is 13.0 Å². The van der Waals surface area contributed by atoms with Crippen molar-refractivity contribution in [3.05, 3.63) is 53.6 Å². The number of para-hydroxylation sites is 2. The van der Waals surface area contributed by atoms with Gasteiger partial charge < -0.3 is 19.7 Å². The monoisotopic (exact) mass is 309 g/mol. The second-order valence-corrected chi connectivity index (χ2v) is 5.55. The minimum Gasteiger partial charge on any atom is -0.465 e. The molecule has 23 heavy (non-hydrogen) atoms. The van der Waals surface area contributed by atoms with Crippen LogP contribution in [0.2, 0.25) is 0 Å². The van der Waals surface area contributed by atoms with E-state index in [1.165, 1.54) is 4.90 Å². The standard InChI is InChI=1S/C17H15N3O3/c21-17(22)20-8-7-11-9-13(6-5-12(11)10-20)18-16-19-14-3-1-2-4-15(14)23-16/h1-6,9H,7-8,10H2,(H,18,19)(H,21,22). The van der Waals surface area contributed by atoms with Gasteiger partial charge in [0, 0.05) is 18.8 Å². The summed E-state index contributed by atoms with van der Waals surface area (Å²) in [7, 11) is 0. The van der Waals surface area contributed by atoms with Crippen molar-refractivity contribution < 1.29 is 14.3 Å². The number of rotatable bonds is 2. The molecule has 0 saturated carbocycles. The van der Waals surface area contributed by atoms with Gasteiger partial charge in [0.2, 0.25) is 0 Å². The number of aromatic nitrogens is 1. The van der Waals surface area contributed by atoms with Crippen LogP contribution in [0.3, 0.4) is 0 Å². The van der Waals surface area contributed by atoms with E-state index in [0.29, 0.717) is 25.5 Å². The summed E-state index contributed by atoms with van der Waals surface area (Å²) in [5.74, 6) is 0. The van der Waals surface area contributed by atoms with Gasteiger partial charge in [-0.1, -0.05) is 18.2 Å². The molecule has 1 aliphatic rings. The normalized spacial score (nSPS) is 13.8. The Kier molecular flexibility index (Phi) is 3.15. The molecule has 1 aromatic heterocycles. The van der Waals surface area contributed by atoms with E-state index in [-0.39, 0.29) is 0 Å². The van der Waals surface area contributed by atoms with E-state index in [1.54, 1.807) is 0 Å². The predicted molar refractivity (Wildman–Crippen MR) is 85.9 cm³/mol. The van der Waals surface area contributed by atoms with Crippen molar-refractivity contribution in [1.82, 2.24) is 9.88 Å². The lowest BCUT2D eigenvalue weighted by molar-refractivity contribution is 0.140. The molecule has 3 aromatic rings. The highest BCUT2D eigenvalue weighted by Gasteiger charge is 2.20. The Bertz CT molecular complexity index is 855. The lowest BCUT2D eigenvalue weighted by atomic mass is 9.99. The Hall–Kier alpha value is -3.02. The van der Waals surface area contributed by atoms with Crippen LogP contribution >= 0.6 is 0 Å². The van der Waals surface area contributed by atoms with Crippen molar-refractivity contribution in [2.75, 3.05) is 11.9 Å². The molecule has 6 nitrogen and oxygen atoms in total. The van der Waals surface area contributed by atoms with Crippen molar-refractivity contribution >= 4 is 28.9 Å². The third-order valence-corrected chi connectivity index (χ3v) is 4.03. The lowest BCUT2D eigenvalue weighted by Gasteiger charge is -2.26. The molecule has 0 atom stereocenters. The Labute approximate surface area is 132 Å². The number of hydrogen-bond donors (Lipinski definition) is 2. The molecule has 4 rings (SSSR count). The fraction of sp³-hybridized carbons (Fsp3) is 0.176. The summed E-state index contributed by atoms with van der Waals surface area (Å²) in [4.78, 5) is 16.9. The second kappa shape index (κ2) is 5.31. The van der Waals surface area contributed by atoms with Gasteiger partial charge in [-0.2, -0.15) is 4.98 Å². The van der Waals surface area contributed by atoms with Crippen molar-refractivity contribution in [1.29, 1.82) is 0 Å². The van der Waals surface area contributed by atoms with E-state index in [4.69, 9.17) is 9.52 Å². The molecular formula is C17H15N3O3. The number of nitrogens with one attached hydrogen (secondary N) is 1. The summed E-state index contributed by atoms with van der Waals surface area (Å²) < 4.78 is 5.66. The van der Waals surface area contributed by atoms with Crippen molar-refractivity contribution in [3.63, 3.8) is 0 Å². The molecule has 6 heteroatoms. The highest BCUT2D eigenvalue weighted by molar-refractivity contribution is 5.75. The highest BCUT2D eigenvalue weighted by Crippen LogP contribution is 2.26. The summed E-state index contributed by atoms with van der Waals surface area (Å²) in [5, 5.41) is 12.2. The fourth-order valence-electron chi connectivity index (χ4n) is 2.84. The summed E-state index contributed by atoms with van der Waals surface area (Å²) in [6.07, 6.45) is -0.158. The maximum absolute atomic E-state index is 11.1. The number of nitrogens with zero attached hydrogens (tertiary/aromatic N) is 2. The molecule has 0 spiro atoms. The molecule has 2 heterocycles. The zero-order chi connectivity index (χ0) is 15.8. The molecule has 0 saturated heterocycles. The summed E-state index contributed by atoms with van der Waals surface area (Å²) in [5.41, 5.74) is 4.64. The average molecular weight is 309 g/mol. The number of oxazole rings is 1. The molecule has 0 radical (unpaired) electrons. The molecule has 1 amide bonds. The topological polar surface area (TPSA) is 78.6 Å². The third-order valence-electron chi connectivity index (χ3n) is 4.03. The van der Waals surface area contributed by atoms with Gasteiger partial charge in [-0.25, -0.2) is 4.79 Å². The van der Waals surface area contributed by atoms with Crippen LogP contribution in [-0.2, 0) is 13.0 Å². The van der Waals surface area contributed by atoms with Gasteiger partial charge in [0.15, 0.2) is 5.58 Å². The zero-order valence-corrected chi connectivity index (χ0v) is 12.3. The van der Waals surface area contributed by atoms with E-state index in [1.807, 2.05) is 42.5 Å². The predicted octanol–water partition coefficient (Wildman–Crippen LogP) is 3.61. The Morgan fingerprint density at radius 2 is 2.09 bits per heavy atom. The van der Waals surface area contributed by atoms with Crippen LogP contribution in [0.5, 0.6) is 0 Å². The number of fused-ring (bicyclic) bond motifs is 2. The van der Waals surface area contributed by atoms with E-state index < -0.39 is 6.09 Å². The first-order valence-corrected chi connectivity index (χ1v) is 7.41. The van der Waals surface area contributed by atoms with Gasteiger partial charge in [-0.05, 0) is 41.8 Å². The van der Waals surface area contributed by atoms with Crippen LogP contribution in [-0.4, -0.2) is 27.6 Å². The number of hydrogen-bond acceptors (Lipinski definition) is 4. The fourth-order valence-corrected chi connectivity index (χ4v) is 2.84. The average Bonchev–Trinajstić information content (AvgIpc) is 2.96. The lowest BCUT2D eigenvalue weighted by Crippen LogP contribution is -2.34. The first-order valence-electron chi connectivity index (χ1n) is 7.41. The van der Waals surface area contributed by atoms with E-state index >= 15 is 0 Å². The van der Waals surface area contributed by atoms with Crippen molar-refractivity contribution in [2.24, 2.45) is 0 Å². The van der Waals surface area contributed by atoms with Crippen LogP contribution < -0.4 is 5.32 Å². The van der Waals surface area contributed by atoms with Gasteiger partial charge in [0.25, 0.3) is 6.01 Å². The first kappa shape index (κ1) is 13.6. The SMILES string of the molecule is O=C(O)N1CCc2cc(Nc3nc4ccccc4o3)ccc2C1. The first-order chi connectivity index (χ1) is 11.2. The number of carboxylic acid groups (broad SMARTS) is 1. The summed E-state index contributed by atoms with van der Waals surface area (Å²) >= 11 is 0. The minimum absolute atomic E-state index is 0.438. The molecule has 2 N–H and O–H groups in total. The smallest absolute Gasteiger partial charge is 0.407 e. The maximum atomic E-state index is 11.1. The van der Waals surface area contributed by atoms with Crippen LogP contribution in [0.4, 0.5) is 16.5 Å². The van der Waals surface area contributed by atoms with Gasteiger partial charge in [-0.15, -0.1) is 0 Å². The van der Waals surface area contributed by atoms with E-state index in [9.17, 15) is 4.79 Å². The third kappa shape index (κ3) is 2.59. The molecule has 2 aromatic carbocycles. The second-order valence-electron chi connectivity index (χ2n) is 5.55. The number of carbonyl (C=O) groups is 1. The molecular weight excluding hydrogens is 294 g/mol. The number of benzene rings is 2. The van der Waals surface area contributed by atoms with Gasteiger partial charge in [0.05, 0.1) is 0 Å². The Balaban J connectivity index is 1.57. The van der Waals surface area contributed by atoms with Crippen molar-refractivity contribution in [3.8, 4) is 0 Å². The zero-order valence-electron chi connectivity index (χ0n) is 12.3. The quantitative estimate of drug-likeness (QED) is 0.756. The molecule has 116 valence electrons. The molecule has 0 unspecified atom stereocenters. The summed E-state index contributed by atoms with van der Waals surface area (Å²) in [6.45, 7) is 0.961. The highest BCUT2D eigenvalue weighted by atomic mass is 16.4. The molecule has 1 aliphatic heterocycles. The van der Waals surface area contributed by atoms with Gasteiger partial charge in [-0.3, -0.25) is 0 Å². The number of anilines is 2.